The molecule has 4 nitrogen and oxygen atoms in total. The maximum atomic E-state index is 5.96. The molecule has 0 aromatic heterocycles. The van der Waals surface area contributed by atoms with Crippen molar-refractivity contribution in [2.45, 2.75) is 26.7 Å². The molecule has 0 saturated heterocycles. The zero-order chi connectivity index (χ0) is 17.4. The average molecular weight is 452 g/mol. The van der Waals surface area contributed by atoms with Crippen molar-refractivity contribution in [3.05, 3.63) is 59.7 Å². The molecule has 0 fully saturated rings. The highest BCUT2D eigenvalue weighted by Crippen LogP contribution is 2.14. The van der Waals surface area contributed by atoms with E-state index >= 15 is 0 Å². The van der Waals surface area contributed by atoms with Gasteiger partial charge in [0.1, 0.15) is 0 Å². The minimum Gasteiger partial charge on any atom is -0.375 e. The smallest absolute Gasteiger partial charge is 0.193 e. The van der Waals surface area contributed by atoms with Gasteiger partial charge >= 0.3 is 0 Å². The lowest BCUT2D eigenvalue weighted by atomic mass is 10.1. The summed E-state index contributed by atoms with van der Waals surface area (Å²) in [5, 5.41) is 3.15. The number of hydrogen-bond donors (Lipinski definition) is 2. The van der Waals surface area contributed by atoms with Crippen LogP contribution in [0.25, 0.3) is 0 Å². The van der Waals surface area contributed by atoms with E-state index in [2.05, 4.69) is 72.5 Å². The van der Waals surface area contributed by atoms with Gasteiger partial charge in [-0.2, -0.15) is 0 Å². The van der Waals surface area contributed by atoms with E-state index in [0.29, 0.717) is 5.96 Å². The van der Waals surface area contributed by atoms with Gasteiger partial charge in [0.25, 0.3) is 0 Å². The second-order valence-electron chi connectivity index (χ2n) is 6.16. The van der Waals surface area contributed by atoms with Crippen LogP contribution in [0.1, 0.15) is 24.0 Å². The van der Waals surface area contributed by atoms with Crippen LogP contribution < -0.4 is 16.0 Å². The molecule has 25 heavy (non-hydrogen) atoms. The number of nitrogens with two attached hydrogens (primary N) is 1. The van der Waals surface area contributed by atoms with Gasteiger partial charge in [-0.25, -0.2) is 0 Å². The van der Waals surface area contributed by atoms with Crippen LogP contribution in [0, 0.1) is 13.8 Å². The fourth-order valence-electron chi connectivity index (χ4n) is 2.48. The Morgan fingerprint density at radius 1 is 1.04 bits per heavy atom. The molecule has 0 aliphatic carbocycles. The summed E-state index contributed by atoms with van der Waals surface area (Å²) in [6.07, 6.45) is 2.11. The highest BCUT2D eigenvalue weighted by atomic mass is 127. The van der Waals surface area contributed by atoms with Crippen molar-refractivity contribution in [2.24, 2.45) is 10.7 Å². The monoisotopic (exact) mass is 452 g/mol. The van der Waals surface area contributed by atoms with Gasteiger partial charge in [-0.15, -0.1) is 24.0 Å². The molecule has 2 aromatic carbocycles. The third kappa shape index (κ3) is 7.34. The van der Waals surface area contributed by atoms with Crippen molar-refractivity contribution in [2.75, 3.05) is 30.4 Å². The van der Waals surface area contributed by atoms with Gasteiger partial charge in [0.05, 0.1) is 0 Å². The SMILES string of the molecule is Cc1ccc(NC(N)=NCCCCN(C)c2ccccc2)cc1C.I. The van der Waals surface area contributed by atoms with Gasteiger partial charge in [-0.05, 0) is 62.1 Å². The minimum absolute atomic E-state index is 0. The molecular weight excluding hydrogens is 423 g/mol. The quantitative estimate of drug-likeness (QED) is 0.280. The lowest BCUT2D eigenvalue weighted by Crippen LogP contribution is -2.23. The van der Waals surface area contributed by atoms with Gasteiger partial charge in [-0.3, -0.25) is 4.99 Å². The van der Waals surface area contributed by atoms with E-state index < -0.39 is 0 Å². The van der Waals surface area contributed by atoms with Gasteiger partial charge in [0.15, 0.2) is 5.96 Å². The highest BCUT2D eigenvalue weighted by Gasteiger charge is 2.00. The number of halogens is 1. The van der Waals surface area contributed by atoms with Crippen LogP contribution in [0.3, 0.4) is 0 Å². The Kier molecular flexibility index (Phi) is 9.34. The molecular formula is C20H29IN4. The number of aryl methyl sites for hydroxylation is 2. The average Bonchev–Trinajstić information content (AvgIpc) is 2.58. The molecule has 0 radical (unpaired) electrons. The van der Waals surface area contributed by atoms with Gasteiger partial charge < -0.3 is 16.0 Å². The number of guanidine groups is 1. The molecule has 0 amide bonds. The maximum absolute atomic E-state index is 5.96. The normalized spacial score (nSPS) is 10.9. The van der Waals surface area contributed by atoms with Crippen LogP contribution in [0.5, 0.6) is 0 Å². The van der Waals surface area contributed by atoms with E-state index in [1.165, 1.54) is 16.8 Å². The number of hydrogen-bond acceptors (Lipinski definition) is 2. The summed E-state index contributed by atoms with van der Waals surface area (Å²) >= 11 is 0. The number of anilines is 2. The third-order valence-electron chi connectivity index (χ3n) is 4.16. The van der Waals surface area contributed by atoms with Crippen LogP contribution in [-0.4, -0.2) is 26.1 Å². The maximum Gasteiger partial charge on any atom is 0.193 e. The molecule has 0 aliphatic heterocycles. The summed E-state index contributed by atoms with van der Waals surface area (Å²) in [5.74, 6) is 0.481. The van der Waals surface area contributed by atoms with E-state index in [9.17, 15) is 0 Å². The van der Waals surface area contributed by atoms with Gasteiger partial charge in [0.2, 0.25) is 0 Å². The molecule has 0 bridgehead atoms. The summed E-state index contributed by atoms with van der Waals surface area (Å²) in [5.41, 5.74) is 10.7. The first kappa shape index (κ1) is 21.3. The molecule has 136 valence electrons. The van der Waals surface area contributed by atoms with Crippen molar-refractivity contribution >= 4 is 41.3 Å². The van der Waals surface area contributed by atoms with Crippen LogP contribution in [-0.2, 0) is 0 Å². The largest absolute Gasteiger partial charge is 0.375 e. The molecule has 0 unspecified atom stereocenters. The summed E-state index contributed by atoms with van der Waals surface area (Å²) in [6.45, 7) is 5.95. The first-order valence-electron chi connectivity index (χ1n) is 8.46. The summed E-state index contributed by atoms with van der Waals surface area (Å²) < 4.78 is 0. The van der Waals surface area contributed by atoms with Crippen LogP contribution in [0.15, 0.2) is 53.5 Å². The third-order valence-corrected chi connectivity index (χ3v) is 4.16. The van der Waals surface area contributed by atoms with Crippen LogP contribution in [0.4, 0.5) is 11.4 Å². The molecule has 2 rings (SSSR count). The zero-order valence-electron chi connectivity index (χ0n) is 15.3. The number of nitrogens with zero attached hydrogens (tertiary/aromatic N) is 2. The number of rotatable bonds is 7. The standard InChI is InChI=1S/C20H28N4.HI/c1-16-11-12-18(15-17(16)2)23-20(21)22-13-7-8-14-24(3)19-9-5-4-6-10-19;/h4-6,9-12,15H,7-8,13-14H2,1-3H3,(H3,21,22,23);1H. The second kappa shape index (κ2) is 11.0. The predicted octanol–water partition coefficient (Wildman–Crippen LogP) is 4.56. The minimum atomic E-state index is 0. The molecule has 2 aromatic rings. The number of para-hydroxylation sites is 1. The number of unbranched alkanes of at least 4 members (excludes halogenated alkanes) is 1. The van der Waals surface area contributed by atoms with E-state index in [1.807, 2.05) is 12.1 Å². The fourth-order valence-corrected chi connectivity index (χ4v) is 2.48. The number of aliphatic imine (C=N–C) groups is 1. The van der Waals surface area contributed by atoms with Crippen molar-refractivity contribution in [3.63, 3.8) is 0 Å². The van der Waals surface area contributed by atoms with Crippen molar-refractivity contribution in [3.8, 4) is 0 Å². The van der Waals surface area contributed by atoms with Crippen molar-refractivity contribution in [1.29, 1.82) is 0 Å². The van der Waals surface area contributed by atoms with E-state index in [0.717, 1.165) is 31.6 Å². The summed E-state index contributed by atoms with van der Waals surface area (Å²) in [4.78, 5) is 6.67. The predicted molar refractivity (Wildman–Crippen MR) is 120 cm³/mol. The first-order valence-corrected chi connectivity index (χ1v) is 8.46. The summed E-state index contributed by atoms with van der Waals surface area (Å²) in [7, 11) is 2.12. The van der Waals surface area contributed by atoms with E-state index in [4.69, 9.17) is 5.73 Å². The molecule has 0 saturated carbocycles. The van der Waals surface area contributed by atoms with Gasteiger partial charge in [-0.1, -0.05) is 24.3 Å². The van der Waals surface area contributed by atoms with Crippen molar-refractivity contribution in [1.82, 2.24) is 0 Å². The second-order valence-corrected chi connectivity index (χ2v) is 6.16. The lowest BCUT2D eigenvalue weighted by Gasteiger charge is -2.18. The topological polar surface area (TPSA) is 53.6 Å². The Balaban J connectivity index is 0.00000312. The number of nitrogens with one attached hydrogen (secondary N) is 1. The Hall–Kier alpha value is -1.76. The Morgan fingerprint density at radius 3 is 2.44 bits per heavy atom. The number of benzene rings is 2. The fraction of sp³-hybridized carbons (Fsp3) is 0.350. The van der Waals surface area contributed by atoms with Crippen LogP contribution in [0.2, 0.25) is 0 Å². The highest BCUT2D eigenvalue weighted by molar-refractivity contribution is 14.0. The summed E-state index contributed by atoms with van der Waals surface area (Å²) in [6, 6.07) is 16.6. The van der Waals surface area contributed by atoms with Gasteiger partial charge in [0, 0.05) is 31.5 Å². The zero-order valence-corrected chi connectivity index (χ0v) is 17.7. The Labute approximate surface area is 168 Å². The molecule has 0 spiro atoms. The van der Waals surface area contributed by atoms with E-state index in [1.54, 1.807) is 0 Å². The van der Waals surface area contributed by atoms with E-state index in [-0.39, 0.29) is 24.0 Å². The molecule has 3 N–H and O–H groups in total. The Morgan fingerprint density at radius 2 is 1.76 bits per heavy atom. The first-order chi connectivity index (χ1) is 11.6. The molecule has 0 heterocycles. The molecule has 5 heteroatoms. The lowest BCUT2D eigenvalue weighted by molar-refractivity contribution is 0.728. The molecule has 0 aliphatic rings. The van der Waals surface area contributed by atoms with Crippen molar-refractivity contribution < 1.29 is 0 Å². The Bertz CT molecular complexity index is 671. The molecule has 0 atom stereocenters. The van der Waals surface area contributed by atoms with Crippen LogP contribution >= 0.6 is 24.0 Å².